The number of amides is 1. The van der Waals surface area contributed by atoms with Crippen molar-refractivity contribution in [3.63, 3.8) is 0 Å². The molecule has 1 N–H and O–H groups in total. The Kier molecular flexibility index (Phi) is 6.25. The highest BCUT2D eigenvalue weighted by Crippen LogP contribution is 2.28. The van der Waals surface area contributed by atoms with Gasteiger partial charge in [0.2, 0.25) is 5.91 Å². The van der Waals surface area contributed by atoms with E-state index in [2.05, 4.69) is 31.4 Å². The van der Waals surface area contributed by atoms with E-state index in [0.29, 0.717) is 22.2 Å². The molecule has 5 nitrogen and oxygen atoms in total. The minimum Gasteiger partial charge on any atom is -0.325 e. The Morgan fingerprint density at radius 2 is 1.80 bits per heavy atom. The first-order valence-electron chi connectivity index (χ1n) is 9.05. The Morgan fingerprint density at radius 1 is 1.00 bits per heavy atom. The molecule has 1 aromatic heterocycles. The molecule has 0 aliphatic carbocycles. The number of nitrogens with zero attached hydrogens (tertiary/aromatic N) is 3. The van der Waals surface area contributed by atoms with E-state index in [-0.39, 0.29) is 17.5 Å². The third-order valence-corrected chi connectivity index (χ3v) is 5.59. The standard InChI is InChI=1S/C22H16BrFN4OS/c23-16-7-5-9-18(13-16)25-20(29)14-30-22-27-26-21(15-6-4-8-17(24)12-15)28(22)19-10-2-1-3-11-19/h1-13H,14H2,(H,25,29). The van der Waals surface area contributed by atoms with Gasteiger partial charge in [-0.25, -0.2) is 4.39 Å². The molecule has 0 aliphatic rings. The van der Waals surface area contributed by atoms with Crippen molar-refractivity contribution in [1.82, 2.24) is 14.8 Å². The zero-order valence-electron chi connectivity index (χ0n) is 15.6. The van der Waals surface area contributed by atoms with E-state index in [4.69, 9.17) is 0 Å². The van der Waals surface area contributed by atoms with Crippen LogP contribution in [-0.4, -0.2) is 26.4 Å². The predicted molar refractivity (Wildman–Crippen MR) is 120 cm³/mol. The van der Waals surface area contributed by atoms with Gasteiger partial charge in [0.1, 0.15) is 5.82 Å². The van der Waals surface area contributed by atoms with Crippen LogP contribution in [0.2, 0.25) is 0 Å². The lowest BCUT2D eigenvalue weighted by atomic mass is 10.2. The van der Waals surface area contributed by atoms with Gasteiger partial charge in [0.05, 0.1) is 5.75 Å². The number of thioether (sulfide) groups is 1. The van der Waals surface area contributed by atoms with Gasteiger partial charge in [-0.05, 0) is 42.5 Å². The maximum atomic E-state index is 13.8. The minimum absolute atomic E-state index is 0.153. The van der Waals surface area contributed by atoms with Crippen molar-refractivity contribution in [3.8, 4) is 17.1 Å². The molecular formula is C22H16BrFN4OS. The Hall–Kier alpha value is -2.97. The van der Waals surface area contributed by atoms with E-state index in [1.165, 1.54) is 23.9 Å². The number of rotatable bonds is 6. The van der Waals surface area contributed by atoms with Crippen LogP contribution in [-0.2, 0) is 4.79 Å². The number of carbonyl (C=O) groups is 1. The molecule has 0 aliphatic heterocycles. The Labute approximate surface area is 185 Å². The van der Waals surface area contributed by atoms with Crippen molar-refractivity contribution in [2.24, 2.45) is 0 Å². The lowest BCUT2D eigenvalue weighted by molar-refractivity contribution is -0.113. The molecule has 0 radical (unpaired) electrons. The first kappa shape index (κ1) is 20.3. The monoisotopic (exact) mass is 482 g/mol. The average molecular weight is 483 g/mol. The van der Waals surface area contributed by atoms with Crippen molar-refractivity contribution in [3.05, 3.63) is 89.2 Å². The molecule has 3 aromatic carbocycles. The summed E-state index contributed by atoms with van der Waals surface area (Å²) in [5.41, 5.74) is 2.15. The highest BCUT2D eigenvalue weighted by atomic mass is 79.9. The van der Waals surface area contributed by atoms with Crippen LogP contribution in [0.3, 0.4) is 0 Å². The highest BCUT2D eigenvalue weighted by Gasteiger charge is 2.17. The van der Waals surface area contributed by atoms with E-state index in [1.54, 1.807) is 12.1 Å². The number of carbonyl (C=O) groups excluding carboxylic acids is 1. The van der Waals surface area contributed by atoms with Gasteiger partial charge in [-0.1, -0.05) is 64.1 Å². The van der Waals surface area contributed by atoms with Crippen LogP contribution in [0, 0.1) is 5.82 Å². The van der Waals surface area contributed by atoms with Gasteiger partial charge in [-0.2, -0.15) is 0 Å². The summed E-state index contributed by atoms with van der Waals surface area (Å²) in [7, 11) is 0. The average Bonchev–Trinajstić information content (AvgIpc) is 3.17. The van der Waals surface area contributed by atoms with Crippen LogP contribution in [0.5, 0.6) is 0 Å². The van der Waals surface area contributed by atoms with Crippen molar-refractivity contribution in [1.29, 1.82) is 0 Å². The lowest BCUT2D eigenvalue weighted by Gasteiger charge is -2.10. The predicted octanol–water partition coefficient (Wildman–Crippen LogP) is 5.57. The number of halogens is 2. The second kappa shape index (κ2) is 9.23. The number of nitrogens with one attached hydrogen (secondary N) is 1. The molecule has 8 heteroatoms. The van der Waals surface area contributed by atoms with Crippen LogP contribution >= 0.6 is 27.7 Å². The van der Waals surface area contributed by atoms with Gasteiger partial charge < -0.3 is 5.32 Å². The summed E-state index contributed by atoms with van der Waals surface area (Å²) >= 11 is 4.65. The summed E-state index contributed by atoms with van der Waals surface area (Å²) in [4.78, 5) is 12.4. The van der Waals surface area contributed by atoms with Gasteiger partial charge in [-0.3, -0.25) is 9.36 Å². The molecular weight excluding hydrogens is 467 g/mol. The number of benzene rings is 3. The smallest absolute Gasteiger partial charge is 0.234 e. The molecule has 0 spiro atoms. The van der Waals surface area contributed by atoms with E-state index < -0.39 is 0 Å². The fraction of sp³-hybridized carbons (Fsp3) is 0.0455. The number of para-hydroxylation sites is 1. The van der Waals surface area contributed by atoms with E-state index in [1.807, 2.05) is 59.2 Å². The van der Waals surface area contributed by atoms with Crippen molar-refractivity contribution < 1.29 is 9.18 Å². The summed E-state index contributed by atoms with van der Waals surface area (Å²) in [6, 6.07) is 23.1. The van der Waals surface area contributed by atoms with Gasteiger partial charge in [0.15, 0.2) is 11.0 Å². The molecule has 0 fully saturated rings. The Balaban J connectivity index is 1.59. The van der Waals surface area contributed by atoms with Gasteiger partial charge in [0, 0.05) is 21.4 Å². The van der Waals surface area contributed by atoms with E-state index in [0.717, 1.165) is 10.2 Å². The highest BCUT2D eigenvalue weighted by molar-refractivity contribution is 9.10. The summed E-state index contributed by atoms with van der Waals surface area (Å²) in [5.74, 6) is 0.155. The number of aromatic nitrogens is 3. The third-order valence-electron chi connectivity index (χ3n) is 4.17. The van der Waals surface area contributed by atoms with Crippen LogP contribution in [0.4, 0.5) is 10.1 Å². The molecule has 0 bridgehead atoms. The molecule has 0 saturated carbocycles. The summed E-state index contributed by atoms with van der Waals surface area (Å²) in [5, 5.41) is 11.9. The fourth-order valence-corrected chi connectivity index (χ4v) is 4.03. The molecule has 30 heavy (non-hydrogen) atoms. The Bertz CT molecular complexity index is 1180. The largest absolute Gasteiger partial charge is 0.325 e. The fourth-order valence-electron chi connectivity index (χ4n) is 2.88. The van der Waals surface area contributed by atoms with Crippen LogP contribution in [0.1, 0.15) is 0 Å². The zero-order valence-corrected chi connectivity index (χ0v) is 18.0. The summed E-state index contributed by atoms with van der Waals surface area (Å²) < 4.78 is 16.5. The van der Waals surface area contributed by atoms with Crippen molar-refractivity contribution in [2.75, 3.05) is 11.1 Å². The first-order valence-corrected chi connectivity index (χ1v) is 10.8. The van der Waals surface area contributed by atoms with E-state index >= 15 is 0 Å². The lowest BCUT2D eigenvalue weighted by Crippen LogP contribution is -2.14. The second-order valence-corrected chi connectivity index (χ2v) is 8.19. The van der Waals surface area contributed by atoms with Crippen LogP contribution in [0.15, 0.2) is 88.5 Å². The topological polar surface area (TPSA) is 59.8 Å². The normalized spacial score (nSPS) is 10.7. The quantitative estimate of drug-likeness (QED) is 0.365. The second-order valence-electron chi connectivity index (χ2n) is 6.33. The van der Waals surface area contributed by atoms with E-state index in [9.17, 15) is 9.18 Å². The molecule has 4 aromatic rings. The molecule has 1 amide bonds. The molecule has 150 valence electrons. The Morgan fingerprint density at radius 3 is 2.57 bits per heavy atom. The van der Waals surface area contributed by atoms with Gasteiger partial charge in [-0.15, -0.1) is 10.2 Å². The minimum atomic E-state index is -0.349. The SMILES string of the molecule is O=C(CSc1nnc(-c2cccc(F)c2)n1-c1ccccc1)Nc1cccc(Br)c1. The van der Waals surface area contributed by atoms with Gasteiger partial charge >= 0.3 is 0 Å². The van der Waals surface area contributed by atoms with Crippen LogP contribution in [0.25, 0.3) is 17.1 Å². The van der Waals surface area contributed by atoms with Crippen LogP contribution < -0.4 is 5.32 Å². The maximum Gasteiger partial charge on any atom is 0.234 e. The van der Waals surface area contributed by atoms with Crippen molar-refractivity contribution in [2.45, 2.75) is 5.16 Å². The third kappa shape index (κ3) is 4.77. The zero-order chi connectivity index (χ0) is 20.9. The molecule has 0 unspecified atom stereocenters. The molecule has 4 rings (SSSR count). The molecule has 0 saturated heterocycles. The van der Waals surface area contributed by atoms with Crippen molar-refractivity contribution >= 4 is 39.3 Å². The van der Waals surface area contributed by atoms with Gasteiger partial charge in [0.25, 0.3) is 0 Å². The number of hydrogen-bond donors (Lipinski definition) is 1. The summed E-state index contributed by atoms with van der Waals surface area (Å²) in [6.45, 7) is 0. The maximum absolute atomic E-state index is 13.8. The molecule has 0 atom stereocenters. The number of hydrogen-bond acceptors (Lipinski definition) is 4. The molecule has 1 heterocycles. The number of anilines is 1. The first-order chi connectivity index (χ1) is 14.6. The summed E-state index contributed by atoms with van der Waals surface area (Å²) in [6.07, 6.45) is 0.